The molecule has 496 valence electrons. The lowest BCUT2D eigenvalue weighted by Gasteiger charge is -2.73. The van der Waals surface area contributed by atoms with E-state index in [1.165, 1.54) is 13.8 Å². The van der Waals surface area contributed by atoms with Gasteiger partial charge in [0.15, 0.2) is 25.2 Å². The van der Waals surface area contributed by atoms with Gasteiger partial charge in [0.25, 0.3) is 0 Å². The van der Waals surface area contributed by atoms with E-state index in [-0.39, 0.29) is 53.1 Å². The Labute approximate surface area is 500 Å². The van der Waals surface area contributed by atoms with Crippen LogP contribution in [0.3, 0.4) is 0 Å². The molecule has 5 saturated carbocycles. The van der Waals surface area contributed by atoms with E-state index in [0.29, 0.717) is 51.4 Å². The first-order valence-corrected chi connectivity index (χ1v) is 31.1. The normalized spacial score (nSPS) is 56.0. The van der Waals surface area contributed by atoms with Crippen molar-refractivity contribution in [3.05, 3.63) is 0 Å². The molecule has 0 spiro atoms. The minimum absolute atomic E-state index is 0.0822. The lowest BCUT2D eigenvalue weighted by Crippen LogP contribution is -2.69. The Hall–Kier alpha value is -1.53. The van der Waals surface area contributed by atoms with Crippen LogP contribution in [0.1, 0.15) is 120 Å². The van der Waals surface area contributed by atoms with Crippen molar-refractivity contribution in [3.8, 4) is 0 Å². The van der Waals surface area contributed by atoms with Gasteiger partial charge in [-0.1, -0.05) is 27.7 Å². The van der Waals surface area contributed by atoms with Crippen LogP contribution >= 0.6 is 0 Å². The number of aliphatic hydroxyl groups excluding tert-OH is 15. The van der Waals surface area contributed by atoms with Crippen LogP contribution in [-0.2, 0) is 52.2 Å². The Kier molecular flexibility index (Phi) is 19.4. The minimum atomic E-state index is -1.94. The fraction of sp³-hybridized carbons (Fsp3) is 0.983. The summed E-state index contributed by atoms with van der Waals surface area (Å²) in [6.45, 7) is 13.4. The van der Waals surface area contributed by atoms with Gasteiger partial charge in [0.1, 0.15) is 104 Å². The van der Waals surface area contributed by atoms with Crippen molar-refractivity contribution in [1.29, 1.82) is 0 Å². The van der Waals surface area contributed by atoms with Gasteiger partial charge in [-0.2, -0.15) is 0 Å². The molecule has 0 aromatic heterocycles. The van der Waals surface area contributed by atoms with E-state index in [4.69, 9.17) is 47.4 Å². The van der Waals surface area contributed by atoms with E-state index in [1.54, 1.807) is 13.8 Å². The van der Waals surface area contributed by atoms with Crippen LogP contribution in [0.5, 0.6) is 0 Å². The van der Waals surface area contributed by atoms with Gasteiger partial charge in [-0.15, -0.1) is 0 Å². The predicted molar refractivity (Wildman–Crippen MR) is 289 cm³/mol. The number of hydrogen-bond acceptors (Lipinski definition) is 27. The third kappa shape index (κ3) is 11.1. The Bertz CT molecular complexity index is 2330. The molecule has 5 aliphatic carbocycles. The van der Waals surface area contributed by atoms with Crippen molar-refractivity contribution in [2.45, 2.75) is 279 Å². The molecule has 27 nitrogen and oxygen atoms in total. The lowest BCUT2D eigenvalue weighted by atomic mass is 9.32. The van der Waals surface area contributed by atoms with Gasteiger partial charge in [0, 0.05) is 5.41 Å². The highest BCUT2D eigenvalue weighted by molar-refractivity contribution is 5.78. The summed E-state index contributed by atoms with van der Waals surface area (Å²) >= 11 is 0. The van der Waals surface area contributed by atoms with Crippen LogP contribution in [0.2, 0.25) is 0 Å². The van der Waals surface area contributed by atoms with E-state index < -0.39 is 195 Å². The Morgan fingerprint density at radius 3 is 1.72 bits per heavy atom. The van der Waals surface area contributed by atoms with Gasteiger partial charge in [0.05, 0.1) is 55.8 Å². The molecule has 35 unspecified atom stereocenters. The number of esters is 1. The van der Waals surface area contributed by atoms with E-state index >= 15 is 4.79 Å². The van der Waals surface area contributed by atoms with Crippen molar-refractivity contribution in [3.63, 3.8) is 0 Å². The SMILES string of the molecule is CC1OC(OC2C(CO)OC(OCC3OC(OC(=O)C45CCC(C(C)(C)O)C4C4CCC6C7(C)CCC(OC8OCC(O)C(O)C8OC8OC(C)C(O)C(O)C8O)C(C)(CO)C7CCC6(C)C4(C)CC5)C(O)C(O)C3O)C(O)C2O)C(O)C(O)C1O. The summed E-state index contributed by atoms with van der Waals surface area (Å²) in [5.41, 5.74) is -4.31. The molecule has 0 bridgehead atoms. The summed E-state index contributed by atoms with van der Waals surface area (Å²) in [7, 11) is 0. The minimum Gasteiger partial charge on any atom is -0.432 e. The van der Waals surface area contributed by atoms with E-state index in [0.717, 1.165) is 12.8 Å². The number of carbonyl (C=O) groups is 1. The molecule has 10 aliphatic rings. The monoisotopic (exact) mass is 1240 g/mol. The molecule has 35 atom stereocenters. The van der Waals surface area contributed by atoms with Crippen LogP contribution in [0, 0.1) is 56.7 Å². The second kappa shape index (κ2) is 24.7. The smallest absolute Gasteiger partial charge is 0.314 e. The molecule has 10 fully saturated rings. The van der Waals surface area contributed by atoms with Crippen molar-refractivity contribution in [2.75, 3.05) is 26.4 Å². The summed E-state index contributed by atoms with van der Waals surface area (Å²) in [5.74, 6) is -1.52. The molecule has 0 radical (unpaired) electrons. The van der Waals surface area contributed by atoms with Crippen LogP contribution < -0.4 is 0 Å². The zero-order chi connectivity index (χ0) is 62.9. The second-order valence-electron chi connectivity index (χ2n) is 28.8. The third-order valence-electron chi connectivity index (χ3n) is 23.9. The fourth-order valence-electron chi connectivity index (χ4n) is 18.6. The maximum atomic E-state index is 15.3. The quantitative estimate of drug-likeness (QED) is 0.0593. The van der Waals surface area contributed by atoms with Crippen molar-refractivity contribution >= 4 is 5.97 Å². The molecule has 86 heavy (non-hydrogen) atoms. The summed E-state index contributed by atoms with van der Waals surface area (Å²) in [6, 6.07) is 0. The standard InChI is InChI=1S/C59H98O27/c1-23-34(63)38(67)42(71)49(79-23)84-46-28(19-60)81-48(45(74)41(46)70)78-21-29-37(66)40(69)44(73)51(82-29)86-53(75)59-16-11-25(54(3,4)76)33(59)26-9-10-31-55(5)14-13-32(56(6,22-61)30(55)12-15-58(31,8)57(26,7)17-18-59)83-52-47(36(65)27(62)20-77-52)85-50-43(72)39(68)35(64)24(2)80-50/h23-52,60-74,76H,9-22H2,1-8H3. The van der Waals surface area contributed by atoms with Crippen molar-refractivity contribution in [2.24, 2.45) is 56.7 Å². The van der Waals surface area contributed by atoms with Crippen LogP contribution in [0.4, 0.5) is 0 Å². The lowest BCUT2D eigenvalue weighted by molar-refractivity contribution is -0.366. The molecule has 0 aromatic carbocycles. The first-order valence-electron chi connectivity index (χ1n) is 31.1. The summed E-state index contributed by atoms with van der Waals surface area (Å²) < 4.78 is 59.4. The number of fused-ring (bicyclic) bond motifs is 7. The molecule has 10 rings (SSSR count). The highest BCUT2D eigenvalue weighted by Crippen LogP contribution is 2.78. The Morgan fingerprint density at radius 2 is 1.12 bits per heavy atom. The average molecular weight is 1240 g/mol. The molecule has 0 amide bonds. The zero-order valence-corrected chi connectivity index (χ0v) is 50.4. The molecule has 5 saturated heterocycles. The summed E-state index contributed by atoms with van der Waals surface area (Å²) in [4.78, 5) is 15.3. The molecular weight excluding hydrogens is 1140 g/mol. The highest BCUT2D eigenvalue weighted by Gasteiger charge is 2.74. The fourth-order valence-corrected chi connectivity index (χ4v) is 18.6. The van der Waals surface area contributed by atoms with E-state index in [1.807, 2.05) is 6.92 Å². The van der Waals surface area contributed by atoms with Gasteiger partial charge in [-0.25, -0.2) is 0 Å². The van der Waals surface area contributed by atoms with Crippen LogP contribution in [0.15, 0.2) is 0 Å². The molecule has 0 aromatic rings. The molecule has 27 heteroatoms. The van der Waals surface area contributed by atoms with Gasteiger partial charge < -0.3 is 129 Å². The van der Waals surface area contributed by atoms with Gasteiger partial charge >= 0.3 is 5.97 Å². The topological polar surface area (TPSA) is 433 Å². The molecular formula is C59H98O27. The second-order valence-corrected chi connectivity index (χ2v) is 28.8. The van der Waals surface area contributed by atoms with Gasteiger partial charge in [-0.05, 0) is 138 Å². The first-order chi connectivity index (χ1) is 40.2. The number of hydrogen-bond donors (Lipinski definition) is 16. The Balaban J connectivity index is 0.829. The first kappa shape index (κ1) is 67.4. The maximum Gasteiger partial charge on any atom is 0.314 e. The molecule has 16 N–H and O–H groups in total. The van der Waals surface area contributed by atoms with E-state index in [9.17, 15) is 81.7 Å². The number of aliphatic hydroxyl groups is 16. The van der Waals surface area contributed by atoms with Gasteiger partial charge in [0.2, 0.25) is 6.29 Å². The summed E-state index contributed by atoms with van der Waals surface area (Å²) in [6.07, 6.45) is -32.7. The molecule has 5 heterocycles. The number of carbonyl (C=O) groups excluding carboxylic acids is 1. The Morgan fingerprint density at radius 1 is 0.535 bits per heavy atom. The number of ether oxygens (including phenoxy) is 10. The zero-order valence-electron chi connectivity index (χ0n) is 50.4. The van der Waals surface area contributed by atoms with Gasteiger partial charge in [-0.3, -0.25) is 4.79 Å². The predicted octanol–water partition coefficient (Wildman–Crippen LogP) is -3.49. The van der Waals surface area contributed by atoms with E-state index in [2.05, 4.69) is 20.8 Å². The van der Waals surface area contributed by atoms with Crippen molar-refractivity contribution in [1.82, 2.24) is 0 Å². The third-order valence-corrected chi connectivity index (χ3v) is 23.9. The summed E-state index contributed by atoms with van der Waals surface area (Å²) in [5, 5.41) is 175. The van der Waals surface area contributed by atoms with Crippen molar-refractivity contribution < 1.29 is 134 Å². The molecule has 5 aliphatic heterocycles. The average Bonchev–Trinajstić information content (AvgIpc) is 1.03. The van der Waals surface area contributed by atoms with Crippen LogP contribution in [0.25, 0.3) is 0 Å². The van der Waals surface area contributed by atoms with Crippen LogP contribution in [-0.4, -0.2) is 273 Å². The highest BCUT2D eigenvalue weighted by atomic mass is 16.8. The maximum absolute atomic E-state index is 15.3. The largest absolute Gasteiger partial charge is 0.432 e. The number of rotatable bonds is 14.